The van der Waals surface area contributed by atoms with Gasteiger partial charge in [-0.15, -0.1) is 11.8 Å². The molecule has 0 aliphatic carbocycles. The van der Waals surface area contributed by atoms with Crippen LogP contribution < -0.4 is 0 Å². The van der Waals surface area contributed by atoms with E-state index in [9.17, 15) is 9.90 Å². The van der Waals surface area contributed by atoms with Crippen LogP contribution in [0.5, 0.6) is 0 Å². The average Bonchev–Trinajstić information content (AvgIpc) is 2.24. The summed E-state index contributed by atoms with van der Waals surface area (Å²) in [6, 6.07) is 7.46. The number of likely N-dealkylation sites (tertiary alicyclic amines) is 1. The standard InChI is InChI=1S/C12H14ClNO2S/c1-12(16)7-14(8-12)11(15)6-17-10-5-3-2-4-9(10)13/h2-5,16H,6-8H2,1H3. The van der Waals surface area contributed by atoms with Crippen molar-refractivity contribution in [3.8, 4) is 0 Å². The summed E-state index contributed by atoms with van der Waals surface area (Å²) in [5, 5.41) is 10.2. The zero-order valence-electron chi connectivity index (χ0n) is 9.52. The zero-order valence-corrected chi connectivity index (χ0v) is 11.1. The van der Waals surface area contributed by atoms with Crippen LogP contribution in [-0.4, -0.2) is 40.4 Å². The normalized spacial score (nSPS) is 17.7. The lowest BCUT2D eigenvalue weighted by Gasteiger charge is -2.44. The lowest BCUT2D eigenvalue weighted by molar-refractivity contribution is -0.149. The molecule has 2 rings (SSSR count). The Bertz CT molecular complexity index is 428. The van der Waals surface area contributed by atoms with Crippen molar-refractivity contribution < 1.29 is 9.90 Å². The monoisotopic (exact) mass is 271 g/mol. The first-order chi connectivity index (χ1) is 7.98. The third kappa shape index (κ3) is 3.15. The maximum Gasteiger partial charge on any atom is 0.233 e. The SMILES string of the molecule is CC1(O)CN(C(=O)CSc2ccccc2Cl)C1. The molecular weight excluding hydrogens is 258 g/mol. The molecule has 1 aliphatic heterocycles. The number of thioether (sulfide) groups is 1. The van der Waals surface area contributed by atoms with E-state index in [1.165, 1.54) is 11.8 Å². The summed E-state index contributed by atoms with van der Waals surface area (Å²) in [6.45, 7) is 2.59. The maximum atomic E-state index is 11.7. The molecular formula is C12H14ClNO2S. The molecule has 5 heteroatoms. The molecule has 3 nitrogen and oxygen atoms in total. The number of halogens is 1. The average molecular weight is 272 g/mol. The van der Waals surface area contributed by atoms with E-state index in [4.69, 9.17) is 11.6 Å². The Morgan fingerprint density at radius 1 is 1.53 bits per heavy atom. The summed E-state index contributed by atoms with van der Waals surface area (Å²) in [5.41, 5.74) is -0.704. The second-order valence-corrected chi connectivity index (χ2v) is 5.89. The third-order valence-corrected chi connectivity index (χ3v) is 4.10. The van der Waals surface area contributed by atoms with Crippen molar-refractivity contribution in [2.75, 3.05) is 18.8 Å². The summed E-state index contributed by atoms with van der Waals surface area (Å²) in [6.07, 6.45) is 0. The molecule has 0 unspecified atom stereocenters. The highest BCUT2D eigenvalue weighted by molar-refractivity contribution is 8.00. The molecule has 1 fully saturated rings. The topological polar surface area (TPSA) is 40.5 Å². The van der Waals surface area contributed by atoms with Gasteiger partial charge in [0.15, 0.2) is 0 Å². The highest BCUT2D eigenvalue weighted by atomic mass is 35.5. The number of nitrogens with zero attached hydrogens (tertiary/aromatic N) is 1. The Kier molecular flexibility index (Phi) is 3.66. The lowest BCUT2D eigenvalue weighted by Crippen LogP contribution is -2.62. The second-order valence-electron chi connectivity index (χ2n) is 4.47. The summed E-state index contributed by atoms with van der Waals surface area (Å²) in [4.78, 5) is 14.3. The van der Waals surface area contributed by atoms with Crippen LogP contribution in [-0.2, 0) is 4.79 Å². The molecule has 0 spiro atoms. The number of aliphatic hydroxyl groups is 1. The minimum Gasteiger partial charge on any atom is -0.386 e. The number of rotatable bonds is 3. The number of amides is 1. The molecule has 0 radical (unpaired) electrons. The molecule has 17 heavy (non-hydrogen) atoms. The van der Waals surface area contributed by atoms with Crippen LogP contribution >= 0.6 is 23.4 Å². The summed E-state index contributed by atoms with van der Waals surface area (Å²) in [5.74, 6) is 0.404. The van der Waals surface area contributed by atoms with Crippen molar-refractivity contribution in [1.82, 2.24) is 4.90 Å². The highest BCUT2D eigenvalue weighted by Crippen LogP contribution is 2.28. The van der Waals surface area contributed by atoms with E-state index < -0.39 is 5.60 Å². The van der Waals surface area contributed by atoms with Gasteiger partial charge in [-0.25, -0.2) is 0 Å². The Morgan fingerprint density at radius 2 is 2.18 bits per heavy atom. The Hall–Kier alpha value is -0.710. The van der Waals surface area contributed by atoms with Crippen LogP contribution in [0.1, 0.15) is 6.92 Å². The van der Waals surface area contributed by atoms with Crippen molar-refractivity contribution in [2.45, 2.75) is 17.4 Å². The van der Waals surface area contributed by atoms with Gasteiger partial charge < -0.3 is 10.0 Å². The van der Waals surface area contributed by atoms with Crippen LogP contribution in [0.15, 0.2) is 29.2 Å². The quantitative estimate of drug-likeness (QED) is 0.855. The van der Waals surface area contributed by atoms with Crippen molar-refractivity contribution in [3.63, 3.8) is 0 Å². The number of carbonyl (C=O) groups is 1. The van der Waals surface area contributed by atoms with Gasteiger partial charge in [-0.2, -0.15) is 0 Å². The lowest BCUT2D eigenvalue weighted by atomic mass is 9.97. The number of benzene rings is 1. The number of hydrogen-bond donors (Lipinski definition) is 1. The van der Waals surface area contributed by atoms with Crippen LogP contribution in [0.3, 0.4) is 0 Å². The minimum absolute atomic E-state index is 0.0430. The molecule has 1 heterocycles. The van der Waals surface area contributed by atoms with Gasteiger partial charge in [0.2, 0.25) is 5.91 Å². The summed E-state index contributed by atoms with van der Waals surface area (Å²) >= 11 is 7.42. The summed E-state index contributed by atoms with van der Waals surface area (Å²) in [7, 11) is 0. The van der Waals surface area contributed by atoms with E-state index in [2.05, 4.69) is 0 Å². The second kappa shape index (κ2) is 4.88. The van der Waals surface area contributed by atoms with Gasteiger partial charge >= 0.3 is 0 Å². The van der Waals surface area contributed by atoms with Gasteiger partial charge in [-0.3, -0.25) is 4.79 Å². The highest BCUT2D eigenvalue weighted by Gasteiger charge is 2.38. The first-order valence-electron chi connectivity index (χ1n) is 5.35. The van der Waals surface area contributed by atoms with E-state index >= 15 is 0 Å². The molecule has 0 saturated carbocycles. The van der Waals surface area contributed by atoms with E-state index in [0.29, 0.717) is 23.9 Å². The molecule has 1 aliphatic rings. The van der Waals surface area contributed by atoms with Gasteiger partial charge in [-0.1, -0.05) is 23.7 Å². The molecule has 1 aromatic rings. The number of hydrogen-bond acceptors (Lipinski definition) is 3. The fourth-order valence-electron chi connectivity index (χ4n) is 1.74. The fraction of sp³-hybridized carbons (Fsp3) is 0.417. The smallest absolute Gasteiger partial charge is 0.233 e. The molecule has 1 N–H and O–H groups in total. The van der Waals surface area contributed by atoms with E-state index in [1.54, 1.807) is 11.8 Å². The molecule has 92 valence electrons. The molecule has 1 aromatic carbocycles. The van der Waals surface area contributed by atoms with Crippen LogP contribution in [0.4, 0.5) is 0 Å². The predicted molar refractivity (Wildman–Crippen MR) is 69.4 cm³/mol. The van der Waals surface area contributed by atoms with Crippen molar-refractivity contribution >= 4 is 29.3 Å². The van der Waals surface area contributed by atoms with Gasteiger partial charge in [0.05, 0.1) is 29.5 Å². The first-order valence-corrected chi connectivity index (χ1v) is 6.72. The zero-order chi connectivity index (χ0) is 12.5. The van der Waals surface area contributed by atoms with E-state index in [0.717, 1.165) is 4.90 Å². The fourth-order valence-corrected chi connectivity index (χ4v) is 2.89. The molecule has 0 atom stereocenters. The van der Waals surface area contributed by atoms with Gasteiger partial charge in [-0.05, 0) is 19.1 Å². The maximum absolute atomic E-state index is 11.7. The Morgan fingerprint density at radius 3 is 2.76 bits per heavy atom. The van der Waals surface area contributed by atoms with Gasteiger partial charge in [0.25, 0.3) is 0 Å². The largest absolute Gasteiger partial charge is 0.386 e. The van der Waals surface area contributed by atoms with Crippen molar-refractivity contribution in [1.29, 1.82) is 0 Å². The van der Waals surface area contributed by atoms with Crippen molar-refractivity contribution in [3.05, 3.63) is 29.3 Å². The third-order valence-electron chi connectivity index (χ3n) is 2.60. The number of β-amino-alcohol motifs (C(OH)–C–C–N with tert-alkyl or cyclic N) is 1. The van der Waals surface area contributed by atoms with Crippen LogP contribution in [0.25, 0.3) is 0 Å². The molecule has 1 saturated heterocycles. The molecule has 0 aromatic heterocycles. The predicted octanol–water partition coefficient (Wildman–Crippen LogP) is 2.03. The van der Waals surface area contributed by atoms with Crippen LogP contribution in [0.2, 0.25) is 5.02 Å². The Balaban J connectivity index is 1.83. The van der Waals surface area contributed by atoms with Crippen molar-refractivity contribution in [2.24, 2.45) is 0 Å². The summed E-state index contributed by atoms with van der Waals surface area (Å²) < 4.78 is 0. The number of carbonyl (C=O) groups excluding carboxylic acids is 1. The van der Waals surface area contributed by atoms with Gasteiger partial charge in [0.1, 0.15) is 0 Å². The molecule has 1 amide bonds. The van der Waals surface area contributed by atoms with E-state index in [-0.39, 0.29) is 5.91 Å². The van der Waals surface area contributed by atoms with Crippen LogP contribution in [0, 0.1) is 0 Å². The first kappa shape index (κ1) is 12.7. The minimum atomic E-state index is -0.704. The van der Waals surface area contributed by atoms with Gasteiger partial charge in [0, 0.05) is 4.90 Å². The molecule has 0 bridgehead atoms. The van der Waals surface area contributed by atoms with E-state index in [1.807, 2.05) is 24.3 Å². The Labute approximate surface area is 110 Å².